The molecule has 3 saturated heterocycles. The highest BCUT2D eigenvalue weighted by atomic mass is 79.9. The van der Waals surface area contributed by atoms with Gasteiger partial charge in [0.05, 0.1) is 50.4 Å². The number of halogens is 1. The number of anilines is 5. The van der Waals surface area contributed by atoms with Gasteiger partial charge in [-0.3, -0.25) is 24.0 Å². The highest BCUT2D eigenvalue weighted by Crippen LogP contribution is 2.24. The molecule has 3 fully saturated rings. The van der Waals surface area contributed by atoms with Gasteiger partial charge < -0.3 is 51.2 Å². The fourth-order valence-electron chi connectivity index (χ4n) is 8.11. The zero-order valence-corrected chi connectivity index (χ0v) is 45.7. The number of esters is 3. The second-order valence-electron chi connectivity index (χ2n) is 18.0. The second kappa shape index (κ2) is 33.6. The van der Waals surface area contributed by atoms with Crippen molar-refractivity contribution in [2.75, 3.05) is 85.7 Å². The summed E-state index contributed by atoms with van der Waals surface area (Å²) in [5, 5.41) is 37.8. The Balaban J connectivity index is 0.000000223. The lowest BCUT2D eigenvalue weighted by Gasteiger charge is -2.31. The molecule has 0 radical (unpaired) electrons. The number of nitrogens with one attached hydrogen (secondary N) is 2. The number of benzene rings is 2. The van der Waals surface area contributed by atoms with Crippen molar-refractivity contribution in [1.29, 1.82) is 0 Å². The van der Waals surface area contributed by atoms with Gasteiger partial charge in [0.25, 0.3) is 0 Å². The van der Waals surface area contributed by atoms with E-state index in [1.54, 1.807) is 24.3 Å². The molecule has 3 aliphatic heterocycles. The Morgan fingerprint density at radius 3 is 1.41 bits per heavy atom. The van der Waals surface area contributed by atoms with Crippen molar-refractivity contribution in [3.8, 4) is 0 Å². The van der Waals surface area contributed by atoms with E-state index < -0.39 is 5.97 Å². The first-order valence-corrected chi connectivity index (χ1v) is 26.4. The average Bonchev–Trinajstić information content (AvgIpc) is 3.41. The second-order valence-corrected chi connectivity index (χ2v) is 18.8. The van der Waals surface area contributed by atoms with E-state index in [1.807, 2.05) is 95.3 Å². The van der Waals surface area contributed by atoms with Crippen LogP contribution in [0.4, 0.5) is 29.1 Å². The number of carboxylic acid groups (broad SMARTS) is 1. The standard InChI is InChI=1S/C21H26N4O3.C12H18N4O2.C9H10O2.C8H15NO2.C4H4BrN3/c1-3-28-21(27)17-9-11-25(12-10-17)19-8-7-18(23-24-19)22-20(26)14-16-6-4-5-15(2)13-16;1-2-18-12(17)9-5-7-16(8-6-9)11-4-3-10(13)14-15-11;1-7-3-2-4-8(5-7)6-9(10)11;1-2-11-8(10)7-3-5-9-6-4-7;5-3-1-2-4(6)8-7-3/h4-8,13,17H,3,9-12,14H2,1-2H3,(H,22,23,26);3-4,9H,2,5-8H2,1H3,(H2,13,14);2-5H,6H2,1H3,(H,10,11);7,9H,2-6H2,1H3;1-2H,(H2,6,8). The molecule has 22 heteroatoms. The lowest BCUT2D eigenvalue weighted by Crippen LogP contribution is -2.37. The number of aryl methyl sites for hydroxylation is 2. The van der Waals surface area contributed by atoms with Gasteiger partial charge in [0, 0.05) is 26.2 Å². The largest absolute Gasteiger partial charge is 0.481 e. The van der Waals surface area contributed by atoms with Crippen LogP contribution in [0.2, 0.25) is 0 Å². The molecule has 1 amide bonds. The quantitative estimate of drug-likeness (QED) is 0.0615. The van der Waals surface area contributed by atoms with Gasteiger partial charge in [-0.1, -0.05) is 59.7 Å². The fraction of sp³-hybridized carbons (Fsp3) is 0.463. The summed E-state index contributed by atoms with van der Waals surface area (Å²) in [6.45, 7) is 15.8. The lowest BCUT2D eigenvalue weighted by atomic mass is 9.97. The van der Waals surface area contributed by atoms with Gasteiger partial charge in [0.1, 0.15) is 16.2 Å². The van der Waals surface area contributed by atoms with E-state index >= 15 is 0 Å². The number of aliphatic carboxylic acids is 1. The number of nitrogens with zero attached hydrogens (tertiary/aromatic N) is 8. The van der Waals surface area contributed by atoms with E-state index in [1.165, 1.54) is 0 Å². The number of hydrogen-bond donors (Lipinski definition) is 5. The summed E-state index contributed by atoms with van der Waals surface area (Å²) in [7, 11) is 0. The van der Waals surface area contributed by atoms with E-state index in [2.05, 4.69) is 67.0 Å². The molecule has 7 N–H and O–H groups in total. The molecule has 410 valence electrons. The van der Waals surface area contributed by atoms with Crippen molar-refractivity contribution in [2.45, 2.75) is 86.0 Å². The van der Waals surface area contributed by atoms with Crippen LogP contribution in [0.5, 0.6) is 0 Å². The average molecular weight is 1110 g/mol. The van der Waals surface area contributed by atoms with Gasteiger partial charge in [-0.15, -0.1) is 30.6 Å². The Bertz CT molecular complexity index is 2520. The van der Waals surface area contributed by atoms with Crippen molar-refractivity contribution in [2.24, 2.45) is 17.8 Å². The van der Waals surface area contributed by atoms with E-state index in [4.69, 9.17) is 30.8 Å². The van der Waals surface area contributed by atoms with Crippen LogP contribution in [0.25, 0.3) is 0 Å². The molecule has 0 unspecified atom stereocenters. The number of aromatic nitrogens is 6. The molecule has 3 aliphatic rings. The summed E-state index contributed by atoms with van der Waals surface area (Å²) in [5.74, 6) is 1.86. The van der Waals surface area contributed by atoms with E-state index in [9.17, 15) is 24.0 Å². The summed E-state index contributed by atoms with van der Waals surface area (Å²) in [6, 6.07) is 26.0. The molecule has 6 heterocycles. The third-order valence-corrected chi connectivity index (χ3v) is 12.4. The van der Waals surface area contributed by atoms with E-state index in [0.717, 1.165) is 112 Å². The monoisotopic (exact) mass is 1110 g/mol. The topological polar surface area (TPSA) is 293 Å². The fourth-order valence-corrected chi connectivity index (χ4v) is 8.32. The third-order valence-electron chi connectivity index (χ3n) is 12.0. The van der Waals surface area contributed by atoms with Crippen LogP contribution in [0.1, 0.15) is 81.5 Å². The Kier molecular flexibility index (Phi) is 27.0. The molecule has 0 bridgehead atoms. The highest BCUT2D eigenvalue weighted by Gasteiger charge is 2.28. The molecular weight excluding hydrogens is 1040 g/mol. The molecule has 0 saturated carbocycles. The third kappa shape index (κ3) is 23.1. The number of carboxylic acids is 1. The Morgan fingerprint density at radius 1 is 0.592 bits per heavy atom. The summed E-state index contributed by atoms with van der Waals surface area (Å²) < 4.78 is 15.7. The molecule has 0 atom stereocenters. The van der Waals surface area contributed by atoms with Crippen molar-refractivity contribution >= 4 is 74.8 Å². The minimum absolute atomic E-state index is 0.0166. The number of piperidine rings is 3. The van der Waals surface area contributed by atoms with Gasteiger partial charge in [0.15, 0.2) is 17.5 Å². The predicted molar refractivity (Wildman–Crippen MR) is 294 cm³/mol. The zero-order chi connectivity index (χ0) is 55.2. The Morgan fingerprint density at radius 2 is 1.03 bits per heavy atom. The van der Waals surface area contributed by atoms with Crippen LogP contribution in [0.15, 0.2) is 89.5 Å². The molecule has 21 nitrogen and oxygen atoms in total. The molecule has 3 aromatic heterocycles. The van der Waals surface area contributed by atoms with Gasteiger partial charge >= 0.3 is 23.9 Å². The Hall–Kier alpha value is -7.33. The van der Waals surface area contributed by atoms with Crippen molar-refractivity contribution in [3.05, 3.63) is 112 Å². The van der Waals surface area contributed by atoms with Crippen molar-refractivity contribution in [3.63, 3.8) is 0 Å². The summed E-state index contributed by atoms with van der Waals surface area (Å²) in [5.41, 5.74) is 14.8. The molecule has 2 aromatic carbocycles. The normalized spacial score (nSPS) is 14.5. The van der Waals surface area contributed by atoms with Crippen LogP contribution in [0.3, 0.4) is 0 Å². The minimum atomic E-state index is -0.782. The number of nitrogens with two attached hydrogens (primary N) is 2. The zero-order valence-electron chi connectivity index (χ0n) is 44.2. The van der Waals surface area contributed by atoms with Gasteiger partial charge in [0.2, 0.25) is 5.91 Å². The maximum atomic E-state index is 12.2. The first kappa shape index (κ1) is 61.2. The molecule has 76 heavy (non-hydrogen) atoms. The molecule has 8 rings (SSSR count). The lowest BCUT2D eigenvalue weighted by molar-refractivity contribution is -0.149. The molecule has 5 aromatic rings. The number of hydrogen-bond acceptors (Lipinski definition) is 19. The number of nitrogen functional groups attached to an aromatic ring is 2. The van der Waals surface area contributed by atoms with Crippen LogP contribution in [0, 0.1) is 31.6 Å². The predicted octanol–water partition coefficient (Wildman–Crippen LogP) is 6.58. The van der Waals surface area contributed by atoms with Gasteiger partial charge in [-0.25, -0.2) is 0 Å². The minimum Gasteiger partial charge on any atom is -0.481 e. The first-order chi connectivity index (χ1) is 36.6. The van der Waals surface area contributed by atoms with E-state index in [-0.39, 0.29) is 48.0 Å². The number of ether oxygens (including phenoxy) is 3. The maximum Gasteiger partial charge on any atom is 0.309 e. The maximum absolute atomic E-state index is 12.2. The van der Waals surface area contributed by atoms with Crippen LogP contribution in [-0.4, -0.2) is 125 Å². The van der Waals surface area contributed by atoms with Crippen molar-refractivity contribution < 1.29 is 43.3 Å². The molecule has 0 spiro atoms. The summed E-state index contributed by atoms with van der Waals surface area (Å²) >= 11 is 3.12. The summed E-state index contributed by atoms with van der Waals surface area (Å²) in [4.78, 5) is 61.3. The van der Waals surface area contributed by atoms with Crippen LogP contribution in [-0.2, 0) is 51.0 Å². The first-order valence-electron chi connectivity index (χ1n) is 25.6. The van der Waals surface area contributed by atoms with Gasteiger partial charge in [-0.05, 0) is 150 Å². The number of rotatable bonds is 13. The van der Waals surface area contributed by atoms with Crippen LogP contribution < -0.4 is 31.9 Å². The molecular formula is C54H73BrN12O9. The highest BCUT2D eigenvalue weighted by molar-refractivity contribution is 9.10. The SMILES string of the molecule is CCOC(=O)C1CCN(c2ccc(N)nn2)CC1.CCOC(=O)C1CCN(c2ccc(NC(=O)Cc3cccc(C)c3)nn2)CC1.CCOC(=O)C1CCNCC1.Cc1cccc(CC(=O)O)c1.Nc1ccc(Br)nn1. The summed E-state index contributed by atoms with van der Waals surface area (Å²) in [6.07, 6.45) is 5.35. The number of carbonyl (C=O) groups is 5. The number of amides is 1. The van der Waals surface area contributed by atoms with E-state index in [0.29, 0.717) is 48.3 Å². The van der Waals surface area contributed by atoms with Crippen LogP contribution >= 0.6 is 15.9 Å². The molecule has 0 aliphatic carbocycles. The van der Waals surface area contributed by atoms with Crippen molar-refractivity contribution in [1.82, 2.24) is 35.9 Å². The smallest absolute Gasteiger partial charge is 0.309 e. The number of carbonyl (C=O) groups excluding carboxylic acids is 4. The Labute approximate surface area is 453 Å². The van der Waals surface area contributed by atoms with Gasteiger partial charge in [-0.2, -0.15) is 0 Å².